The molecule has 1 aliphatic heterocycles. The van der Waals surface area contributed by atoms with E-state index in [0.29, 0.717) is 24.3 Å². The fourth-order valence-corrected chi connectivity index (χ4v) is 4.09. The molecule has 30 heavy (non-hydrogen) atoms. The van der Waals surface area contributed by atoms with Gasteiger partial charge in [-0.3, -0.25) is 4.90 Å². The number of amides is 1. The Bertz CT molecular complexity index is 1130. The van der Waals surface area contributed by atoms with E-state index in [-0.39, 0.29) is 23.9 Å². The van der Waals surface area contributed by atoms with Gasteiger partial charge < -0.3 is 19.6 Å². The lowest BCUT2D eigenvalue weighted by Crippen LogP contribution is -2.57. The minimum atomic E-state index is -0.737. The van der Waals surface area contributed by atoms with E-state index in [1.807, 2.05) is 6.07 Å². The molecule has 1 amide bonds. The molecule has 0 atom stereocenters. The zero-order valence-corrected chi connectivity index (χ0v) is 15.7. The molecule has 3 aromatic rings. The smallest absolute Gasteiger partial charge is 0.416 e. The first-order valence-corrected chi connectivity index (χ1v) is 9.41. The normalized spacial score (nSPS) is 16.7. The molecule has 9 heteroatoms. The van der Waals surface area contributed by atoms with Crippen molar-refractivity contribution >= 4 is 11.8 Å². The van der Waals surface area contributed by atoms with Gasteiger partial charge in [0.25, 0.3) is 0 Å². The largest absolute Gasteiger partial charge is 0.417 e. The van der Waals surface area contributed by atoms with Crippen LogP contribution in [0.5, 0.6) is 17.6 Å². The summed E-state index contributed by atoms with van der Waals surface area (Å²) in [5.74, 6) is -0.639. The highest BCUT2D eigenvalue weighted by Gasteiger charge is 2.51. The summed E-state index contributed by atoms with van der Waals surface area (Å²) in [4.78, 5) is 18.2. The van der Waals surface area contributed by atoms with Crippen molar-refractivity contribution in [3.63, 3.8) is 0 Å². The summed E-state index contributed by atoms with van der Waals surface area (Å²) in [6.07, 6.45) is 4.52. The first-order valence-electron chi connectivity index (χ1n) is 9.41. The van der Waals surface area contributed by atoms with Crippen LogP contribution in [0.3, 0.4) is 0 Å². The Hall–Kier alpha value is -3.62. The lowest BCUT2D eigenvalue weighted by Gasteiger charge is -2.52. The highest BCUT2D eigenvalue weighted by Crippen LogP contribution is 2.53. The second-order valence-corrected chi connectivity index (χ2v) is 7.37. The number of benzene rings is 2. The van der Waals surface area contributed by atoms with Crippen LogP contribution in [0.4, 0.5) is 19.3 Å². The molecule has 0 unspecified atom stereocenters. The second-order valence-electron chi connectivity index (χ2n) is 7.37. The number of oxazole rings is 1. The summed E-state index contributed by atoms with van der Waals surface area (Å²) in [5.41, 5.74) is 5.39. The molecule has 1 fully saturated rings. The lowest BCUT2D eigenvalue weighted by molar-refractivity contribution is 0.00107. The van der Waals surface area contributed by atoms with Crippen molar-refractivity contribution in [3.8, 4) is 17.6 Å². The van der Waals surface area contributed by atoms with E-state index < -0.39 is 23.3 Å². The minimum absolute atomic E-state index is 0.00280. The van der Waals surface area contributed by atoms with Crippen LogP contribution in [0, 0.1) is 11.6 Å². The number of carbonyl (C=O) groups is 1. The minimum Gasteiger partial charge on any atom is -0.417 e. The van der Waals surface area contributed by atoms with Crippen molar-refractivity contribution in [1.82, 2.24) is 9.88 Å². The van der Waals surface area contributed by atoms with E-state index in [0.717, 1.165) is 24.1 Å². The summed E-state index contributed by atoms with van der Waals surface area (Å²) in [5, 5.41) is 0. The number of nitrogens with two attached hydrogens (primary N) is 1. The van der Waals surface area contributed by atoms with Crippen molar-refractivity contribution in [2.24, 2.45) is 0 Å². The maximum absolute atomic E-state index is 14.5. The number of fused-ring (bicyclic) bond motifs is 2. The van der Waals surface area contributed by atoms with Crippen molar-refractivity contribution in [1.29, 1.82) is 0 Å². The number of hydrogen-bond donors (Lipinski definition) is 1. The SMILES string of the molecule is Nc1cc(F)cc(CN2C(=O)Oc3cc(Oc4ncco4)ccc3C23CCC3)c1F. The first-order chi connectivity index (χ1) is 14.5. The van der Waals surface area contributed by atoms with Crippen molar-refractivity contribution in [3.05, 3.63) is 65.6 Å². The molecule has 2 aromatic carbocycles. The fourth-order valence-electron chi connectivity index (χ4n) is 4.09. The summed E-state index contributed by atoms with van der Waals surface area (Å²) in [6, 6.07) is 7.09. The molecule has 0 saturated heterocycles. The molecule has 154 valence electrons. The molecular formula is C21H17F2N3O4. The Kier molecular flexibility index (Phi) is 4.12. The van der Waals surface area contributed by atoms with Crippen LogP contribution in [0.1, 0.15) is 30.4 Å². The maximum Gasteiger partial charge on any atom is 0.416 e. The Labute approximate surface area is 170 Å². The predicted molar refractivity (Wildman–Crippen MR) is 101 cm³/mol. The fraction of sp³-hybridized carbons (Fsp3) is 0.238. The number of aromatic nitrogens is 1. The Morgan fingerprint density at radius 1 is 1.23 bits per heavy atom. The van der Waals surface area contributed by atoms with E-state index >= 15 is 0 Å². The van der Waals surface area contributed by atoms with E-state index in [9.17, 15) is 13.6 Å². The summed E-state index contributed by atoms with van der Waals surface area (Å²) < 4.78 is 44.3. The maximum atomic E-state index is 14.5. The highest BCUT2D eigenvalue weighted by atomic mass is 19.1. The molecule has 1 spiro atoms. The molecule has 2 aliphatic rings. The molecule has 5 rings (SSSR count). The zero-order valence-electron chi connectivity index (χ0n) is 15.7. The Morgan fingerprint density at radius 2 is 2.07 bits per heavy atom. The van der Waals surface area contributed by atoms with Gasteiger partial charge in [0, 0.05) is 17.2 Å². The zero-order chi connectivity index (χ0) is 20.9. The van der Waals surface area contributed by atoms with Gasteiger partial charge in [-0.25, -0.2) is 13.6 Å². The van der Waals surface area contributed by atoms with Gasteiger partial charge >= 0.3 is 12.2 Å². The van der Waals surface area contributed by atoms with Gasteiger partial charge in [0.1, 0.15) is 23.6 Å². The summed E-state index contributed by atoms with van der Waals surface area (Å²) in [7, 11) is 0. The average Bonchev–Trinajstić information content (AvgIpc) is 3.18. The summed E-state index contributed by atoms with van der Waals surface area (Å²) >= 11 is 0. The van der Waals surface area contributed by atoms with Gasteiger partial charge in [0.05, 0.1) is 24.0 Å². The molecule has 0 radical (unpaired) electrons. The Morgan fingerprint density at radius 3 is 2.77 bits per heavy atom. The lowest BCUT2D eigenvalue weighted by atomic mass is 9.69. The third kappa shape index (κ3) is 2.85. The summed E-state index contributed by atoms with van der Waals surface area (Å²) in [6.45, 7) is -0.152. The molecule has 0 bridgehead atoms. The number of carbonyl (C=O) groups excluding carboxylic acids is 1. The van der Waals surface area contributed by atoms with Gasteiger partial charge in [0.2, 0.25) is 0 Å². The standard InChI is InChI=1S/C21H17F2N3O4/c22-13-8-12(18(23)16(24)9-13)11-26-20(27)30-17-10-14(29-19-25-6-7-28-19)2-3-15(17)21(26)4-1-5-21/h2-3,6-10H,1,4-5,11,24H2. The van der Waals surface area contributed by atoms with Gasteiger partial charge in [-0.1, -0.05) is 0 Å². The number of nitrogens with zero attached hydrogens (tertiary/aromatic N) is 2. The quantitative estimate of drug-likeness (QED) is 0.623. The second kappa shape index (κ2) is 6.72. The Balaban J connectivity index is 1.50. The van der Waals surface area contributed by atoms with Crippen molar-refractivity contribution < 1.29 is 27.5 Å². The number of nitrogen functional groups attached to an aromatic ring is 1. The van der Waals surface area contributed by atoms with Crippen LogP contribution in [0.2, 0.25) is 0 Å². The molecule has 1 aliphatic carbocycles. The molecule has 1 saturated carbocycles. The average molecular weight is 413 g/mol. The molecule has 2 heterocycles. The van der Waals surface area contributed by atoms with Crippen LogP contribution in [0.25, 0.3) is 0 Å². The molecule has 7 nitrogen and oxygen atoms in total. The van der Waals surface area contributed by atoms with Crippen LogP contribution in [-0.2, 0) is 12.1 Å². The number of anilines is 1. The topological polar surface area (TPSA) is 90.8 Å². The number of ether oxygens (including phenoxy) is 2. The number of rotatable bonds is 4. The third-order valence-corrected chi connectivity index (χ3v) is 5.65. The highest BCUT2D eigenvalue weighted by molar-refractivity contribution is 5.76. The van der Waals surface area contributed by atoms with E-state index in [1.165, 1.54) is 17.4 Å². The van der Waals surface area contributed by atoms with Crippen molar-refractivity contribution in [2.75, 3.05) is 5.73 Å². The number of hydrogen-bond acceptors (Lipinski definition) is 6. The van der Waals surface area contributed by atoms with Crippen LogP contribution < -0.4 is 15.2 Å². The monoisotopic (exact) mass is 413 g/mol. The van der Waals surface area contributed by atoms with Gasteiger partial charge in [-0.05, 0) is 43.5 Å². The van der Waals surface area contributed by atoms with Gasteiger partial charge in [-0.15, -0.1) is 0 Å². The first kappa shape index (κ1) is 18.4. The molecular weight excluding hydrogens is 396 g/mol. The van der Waals surface area contributed by atoms with Crippen LogP contribution in [0.15, 0.2) is 47.2 Å². The third-order valence-electron chi connectivity index (χ3n) is 5.65. The van der Waals surface area contributed by atoms with E-state index in [4.69, 9.17) is 19.6 Å². The number of halogens is 2. The van der Waals surface area contributed by atoms with Gasteiger partial charge in [-0.2, -0.15) is 4.98 Å². The van der Waals surface area contributed by atoms with E-state index in [1.54, 1.807) is 12.1 Å². The molecule has 2 N–H and O–H groups in total. The van der Waals surface area contributed by atoms with Crippen LogP contribution >= 0.6 is 0 Å². The van der Waals surface area contributed by atoms with Crippen LogP contribution in [-0.4, -0.2) is 16.0 Å². The van der Waals surface area contributed by atoms with E-state index in [2.05, 4.69) is 4.98 Å². The predicted octanol–water partition coefficient (Wildman–Crippen LogP) is 4.72. The van der Waals surface area contributed by atoms with Gasteiger partial charge in [0.15, 0.2) is 5.82 Å². The van der Waals surface area contributed by atoms with Crippen molar-refractivity contribution in [2.45, 2.75) is 31.3 Å². The molecule has 1 aromatic heterocycles.